The number of hydrogen-bond donors (Lipinski definition) is 4. The van der Waals surface area contributed by atoms with Crippen molar-refractivity contribution in [2.75, 3.05) is 40.6 Å². The zero-order valence-electron chi connectivity index (χ0n) is 19.8. The largest absolute Gasteiger partial charge is 0.397 e. The van der Waals surface area contributed by atoms with Gasteiger partial charge in [0.2, 0.25) is 0 Å². The number of methoxy groups -OCH3 is 2. The highest BCUT2D eigenvalue weighted by atomic mass is 32.3. The normalized spacial score (nSPS) is 33.2. The molecule has 25 heteroatoms. The molecule has 2 saturated heterocycles. The molecule has 0 radical (unpaired) electrons. The minimum atomic E-state index is -5.28. The van der Waals surface area contributed by atoms with Gasteiger partial charge < -0.3 is 23.7 Å². The van der Waals surface area contributed by atoms with E-state index < -0.39 is 117 Å². The van der Waals surface area contributed by atoms with Crippen LogP contribution in [0.5, 0.6) is 0 Å². The number of hydrogen-bond acceptors (Lipinski definition) is 17. The van der Waals surface area contributed by atoms with Gasteiger partial charge in [-0.25, -0.2) is 16.7 Å². The van der Waals surface area contributed by atoms with E-state index in [1.165, 1.54) is 0 Å². The number of rotatable bonds is 14. The van der Waals surface area contributed by atoms with Gasteiger partial charge in [-0.3, -0.25) is 18.2 Å². The molecule has 2 fully saturated rings. The standard InChI is InChI=1S/C14H26O21S4/c1-27-8-6-30-9(12(34-38(21,22)23)11(8)33-37(18,19)20)5-29-3-7-4-31-14(28-2)13(35-39(24,25)26)10(7)32-36(15,16)17/h7-14H,3-6H2,1-2H3,(H,15,16,17)(H,18,19,20)(H,21,22,23)(H,24,25,26)/t7-,8-,9+,10-,11-,12?,13?,14-/m1/s1. The average molecular weight is 659 g/mol. The molecule has 0 amide bonds. The van der Waals surface area contributed by atoms with E-state index in [-0.39, 0.29) is 0 Å². The van der Waals surface area contributed by atoms with E-state index in [2.05, 4.69) is 16.7 Å². The fourth-order valence-electron chi connectivity index (χ4n) is 3.72. The van der Waals surface area contributed by atoms with Crippen molar-refractivity contribution in [3.8, 4) is 0 Å². The molecule has 0 aromatic heterocycles. The maximum Gasteiger partial charge on any atom is 0.397 e. The first-order chi connectivity index (χ1) is 17.7. The summed E-state index contributed by atoms with van der Waals surface area (Å²) < 4.78 is 171. The first-order valence-corrected chi connectivity index (χ1v) is 15.7. The molecular weight excluding hydrogens is 632 g/mol. The molecule has 39 heavy (non-hydrogen) atoms. The highest BCUT2D eigenvalue weighted by Gasteiger charge is 2.49. The van der Waals surface area contributed by atoms with Gasteiger partial charge >= 0.3 is 41.6 Å². The molecule has 0 aromatic rings. The van der Waals surface area contributed by atoms with Crippen LogP contribution in [0.2, 0.25) is 0 Å². The molecule has 2 aliphatic heterocycles. The van der Waals surface area contributed by atoms with Gasteiger partial charge in [-0.05, 0) is 0 Å². The molecule has 0 spiro atoms. The summed E-state index contributed by atoms with van der Waals surface area (Å²) in [6, 6.07) is 0. The lowest BCUT2D eigenvalue weighted by atomic mass is 9.96. The quantitative estimate of drug-likeness (QED) is 0.133. The summed E-state index contributed by atoms with van der Waals surface area (Å²) >= 11 is 0. The van der Waals surface area contributed by atoms with Gasteiger partial charge in [0.05, 0.1) is 26.4 Å². The molecule has 2 aliphatic rings. The summed E-state index contributed by atoms with van der Waals surface area (Å²) in [6.07, 6.45) is -12.3. The fraction of sp³-hybridized carbons (Fsp3) is 1.00. The second-order valence-corrected chi connectivity index (χ2v) is 12.0. The zero-order valence-corrected chi connectivity index (χ0v) is 23.1. The van der Waals surface area contributed by atoms with Crippen molar-refractivity contribution < 1.29 is 92.3 Å². The Morgan fingerprint density at radius 3 is 1.59 bits per heavy atom. The lowest BCUT2D eigenvalue weighted by Crippen LogP contribution is -2.58. The molecular formula is C14H26O21S4. The molecule has 2 unspecified atom stereocenters. The van der Waals surface area contributed by atoms with Gasteiger partial charge in [-0.15, -0.1) is 0 Å². The third-order valence-electron chi connectivity index (χ3n) is 5.14. The maximum atomic E-state index is 11.4. The van der Waals surface area contributed by atoms with Crippen LogP contribution in [0.4, 0.5) is 0 Å². The van der Waals surface area contributed by atoms with Crippen molar-refractivity contribution in [3.05, 3.63) is 0 Å². The van der Waals surface area contributed by atoms with Crippen molar-refractivity contribution in [1.82, 2.24) is 0 Å². The monoisotopic (exact) mass is 658 g/mol. The minimum Gasteiger partial charge on any atom is -0.378 e. The SMILES string of the molecule is CO[C@@H]1OC[C@@H](COC[C@@H]2OC[C@@H](OC)[C@@H](OS(=O)(=O)O)C2OS(=O)(=O)O)[C@@H](OS(=O)(=O)O)C1OS(=O)(=O)O. The Morgan fingerprint density at radius 1 is 0.615 bits per heavy atom. The van der Waals surface area contributed by atoms with Crippen LogP contribution in [0.25, 0.3) is 0 Å². The predicted molar refractivity (Wildman–Crippen MR) is 117 cm³/mol. The van der Waals surface area contributed by atoms with E-state index in [9.17, 15) is 33.7 Å². The Hall–Kier alpha value is -0.720. The maximum absolute atomic E-state index is 11.4. The van der Waals surface area contributed by atoms with E-state index in [0.29, 0.717) is 0 Å². The molecule has 2 heterocycles. The Kier molecular flexibility index (Phi) is 11.9. The summed E-state index contributed by atoms with van der Waals surface area (Å²) in [5.41, 5.74) is 0. The molecule has 0 aromatic carbocycles. The van der Waals surface area contributed by atoms with Crippen LogP contribution in [-0.4, -0.2) is 135 Å². The van der Waals surface area contributed by atoms with Crippen LogP contribution in [0.1, 0.15) is 0 Å². The summed E-state index contributed by atoms with van der Waals surface area (Å²) in [4.78, 5) is 0. The second-order valence-electron chi connectivity index (χ2n) is 7.84. The minimum absolute atomic E-state index is 0.461. The summed E-state index contributed by atoms with van der Waals surface area (Å²) in [7, 11) is -18.9. The Labute approximate surface area is 223 Å². The van der Waals surface area contributed by atoms with Crippen molar-refractivity contribution in [3.63, 3.8) is 0 Å². The van der Waals surface area contributed by atoms with E-state index in [0.717, 1.165) is 14.2 Å². The predicted octanol–water partition coefficient (Wildman–Crippen LogP) is -3.21. The van der Waals surface area contributed by atoms with Gasteiger partial charge in [-0.2, -0.15) is 33.7 Å². The van der Waals surface area contributed by atoms with Crippen molar-refractivity contribution >= 4 is 41.6 Å². The zero-order chi connectivity index (χ0) is 29.8. The highest BCUT2D eigenvalue weighted by molar-refractivity contribution is 7.81. The third kappa shape index (κ3) is 11.6. The van der Waals surface area contributed by atoms with Crippen molar-refractivity contribution in [2.45, 2.75) is 42.9 Å². The van der Waals surface area contributed by atoms with Crippen LogP contribution in [-0.2, 0) is 82.0 Å². The summed E-state index contributed by atoms with van der Waals surface area (Å²) in [5, 5.41) is 0. The lowest BCUT2D eigenvalue weighted by Gasteiger charge is -2.41. The lowest BCUT2D eigenvalue weighted by molar-refractivity contribution is -0.246. The van der Waals surface area contributed by atoms with Crippen LogP contribution in [0.3, 0.4) is 0 Å². The molecule has 0 bridgehead atoms. The van der Waals surface area contributed by atoms with Gasteiger partial charge in [0, 0.05) is 20.1 Å². The smallest absolute Gasteiger partial charge is 0.378 e. The average Bonchev–Trinajstić information content (AvgIpc) is 2.74. The van der Waals surface area contributed by atoms with Crippen LogP contribution in [0.15, 0.2) is 0 Å². The molecule has 21 nitrogen and oxygen atoms in total. The van der Waals surface area contributed by atoms with E-state index in [1.807, 2.05) is 0 Å². The van der Waals surface area contributed by atoms with Gasteiger partial charge in [0.1, 0.15) is 30.5 Å². The number of ether oxygens (including phenoxy) is 5. The second kappa shape index (κ2) is 13.5. The van der Waals surface area contributed by atoms with Gasteiger partial charge in [-0.1, -0.05) is 0 Å². The van der Waals surface area contributed by atoms with E-state index in [1.54, 1.807) is 0 Å². The van der Waals surface area contributed by atoms with Gasteiger partial charge in [0.25, 0.3) is 0 Å². The molecule has 2 rings (SSSR count). The van der Waals surface area contributed by atoms with Gasteiger partial charge in [0.15, 0.2) is 12.4 Å². The topological polar surface area (TPSA) is 301 Å². The Bertz CT molecular complexity index is 1130. The first-order valence-electron chi connectivity index (χ1n) is 10.2. The van der Waals surface area contributed by atoms with E-state index in [4.69, 9.17) is 41.9 Å². The third-order valence-corrected chi connectivity index (χ3v) is 7.00. The Balaban J connectivity index is 2.25. The summed E-state index contributed by atoms with van der Waals surface area (Å²) in [5.74, 6) is -1.29. The molecule has 232 valence electrons. The Morgan fingerprint density at radius 2 is 1.10 bits per heavy atom. The molecule has 0 aliphatic carbocycles. The summed E-state index contributed by atoms with van der Waals surface area (Å²) in [6.45, 7) is -2.26. The van der Waals surface area contributed by atoms with Crippen LogP contribution < -0.4 is 0 Å². The van der Waals surface area contributed by atoms with Crippen molar-refractivity contribution in [1.29, 1.82) is 0 Å². The molecule has 0 saturated carbocycles. The van der Waals surface area contributed by atoms with E-state index >= 15 is 0 Å². The molecule has 8 atom stereocenters. The molecule has 4 N–H and O–H groups in total. The first kappa shape index (κ1) is 34.5. The fourth-order valence-corrected chi connectivity index (χ4v) is 5.77. The van der Waals surface area contributed by atoms with Crippen molar-refractivity contribution in [2.24, 2.45) is 5.92 Å². The van der Waals surface area contributed by atoms with Crippen LogP contribution in [0, 0.1) is 5.92 Å². The highest BCUT2D eigenvalue weighted by Crippen LogP contribution is 2.30. The van der Waals surface area contributed by atoms with Crippen LogP contribution >= 0.6 is 0 Å².